The van der Waals surface area contributed by atoms with Crippen LogP contribution in [-0.4, -0.2) is 11.9 Å². The molecule has 1 aliphatic rings. The van der Waals surface area contributed by atoms with Gasteiger partial charge in [0.1, 0.15) is 0 Å². The maximum absolute atomic E-state index is 14.1. The summed E-state index contributed by atoms with van der Waals surface area (Å²) >= 11 is 0. The topological polar surface area (TPSA) is 52.6 Å². The lowest BCUT2D eigenvalue weighted by Gasteiger charge is -2.44. The highest BCUT2D eigenvalue weighted by Crippen LogP contribution is 2.47. The average Bonchev–Trinajstić information content (AvgIpc) is 2.87. The van der Waals surface area contributed by atoms with Crippen LogP contribution in [0.15, 0.2) is 109 Å². The zero-order valence-electron chi connectivity index (χ0n) is 19.0. The van der Waals surface area contributed by atoms with E-state index in [9.17, 15) is 9.59 Å². The van der Waals surface area contributed by atoms with Crippen molar-refractivity contribution in [1.29, 1.82) is 0 Å². The monoisotopic (exact) mass is 448 g/mol. The Balaban J connectivity index is 1.73. The van der Waals surface area contributed by atoms with E-state index in [1.54, 1.807) is 48.5 Å². The van der Waals surface area contributed by atoms with Gasteiger partial charge >= 0.3 is 11.9 Å². The van der Waals surface area contributed by atoms with Gasteiger partial charge in [-0.05, 0) is 13.8 Å². The Morgan fingerprint density at radius 3 is 1.06 bits per heavy atom. The molecule has 1 saturated heterocycles. The van der Waals surface area contributed by atoms with Crippen LogP contribution in [0.25, 0.3) is 0 Å². The summed E-state index contributed by atoms with van der Waals surface area (Å²) < 4.78 is 12.5. The number of esters is 2. The number of benzene rings is 4. The molecule has 1 fully saturated rings. The largest absolute Gasteiger partial charge is 0.433 e. The molecule has 4 nitrogen and oxygen atoms in total. The number of hydrogen-bond acceptors (Lipinski definition) is 4. The third-order valence-corrected chi connectivity index (χ3v) is 6.34. The molecule has 2 atom stereocenters. The van der Waals surface area contributed by atoms with Crippen molar-refractivity contribution in [2.45, 2.75) is 25.0 Å². The molecule has 4 heteroatoms. The van der Waals surface area contributed by atoms with Gasteiger partial charge in [-0.3, -0.25) is 0 Å². The molecule has 0 bridgehead atoms. The number of carbonyl (C=O) groups is 2. The van der Waals surface area contributed by atoms with Crippen molar-refractivity contribution in [3.8, 4) is 0 Å². The lowest BCUT2D eigenvalue weighted by atomic mass is 9.80. The van der Waals surface area contributed by atoms with Crippen LogP contribution in [0, 0.1) is 13.8 Å². The number of hydrogen-bond donors (Lipinski definition) is 0. The van der Waals surface area contributed by atoms with Crippen LogP contribution in [-0.2, 0) is 30.3 Å². The van der Waals surface area contributed by atoms with E-state index in [2.05, 4.69) is 0 Å². The van der Waals surface area contributed by atoms with Crippen LogP contribution in [0.4, 0.5) is 0 Å². The summed E-state index contributed by atoms with van der Waals surface area (Å²) in [6.45, 7) is 3.92. The summed E-state index contributed by atoms with van der Waals surface area (Å²) in [6, 6.07) is 32.8. The van der Waals surface area contributed by atoms with Crippen LogP contribution in [0.3, 0.4) is 0 Å². The second-order valence-electron chi connectivity index (χ2n) is 8.61. The maximum Gasteiger partial charge on any atom is 0.362 e. The highest BCUT2D eigenvalue weighted by molar-refractivity contribution is 5.98. The van der Waals surface area contributed by atoms with Gasteiger partial charge in [-0.2, -0.15) is 0 Å². The Morgan fingerprint density at radius 2 is 0.735 bits per heavy atom. The Kier molecular flexibility index (Phi) is 5.29. The first-order chi connectivity index (χ1) is 16.5. The van der Waals surface area contributed by atoms with E-state index in [1.165, 1.54) is 0 Å². The summed E-state index contributed by atoms with van der Waals surface area (Å²) in [4.78, 5) is 28.2. The lowest BCUT2D eigenvalue weighted by molar-refractivity contribution is -0.219. The molecular formula is C30H24O4. The van der Waals surface area contributed by atoms with Gasteiger partial charge in [-0.15, -0.1) is 0 Å². The molecule has 5 rings (SSSR count). The third kappa shape index (κ3) is 3.30. The van der Waals surface area contributed by atoms with Crippen LogP contribution in [0.2, 0.25) is 0 Å². The Bertz CT molecular complexity index is 1220. The molecule has 0 unspecified atom stereocenters. The van der Waals surface area contributed by atoms with Gasteiger partial charge in [0.05, 0.1) is 0 Å². The van der Waals surface area contributed by atoms with Gasteiger partial charge < -0.3 is 9.47 Å². The first-order valence-electron chi connectivity index (χ1n) is 11.2. The predicted octanol–water partition coefficient (Wildman–Crippen LogP) is 5.59. The van der Waals surface area contributed by atoms with Gasteiger partial charge in [0.25, 0.3) is 11.2 Å². The highest BCUT2D eigenvalue weighted by atomic mass is 16.7. The van der Waals surface area contributed by atoms with Crippen molar-refractivity contribution in [2.75, 3.05) is 0 Å². The van der Waals surface area contributed by atoms with Crippen molar-refractivity contribution >= 4 is 11.9 Å². The van der Waals surface area contributed by atoms with Crippen LogP contribution in [0.1, 0.15) is 33.4 Å². The first kappa shape index (κ1) is 21.7. The standard InChI is InChI=1S/C30H24O4/c1-21-13-17-25(18-14-21)29(23-9-5-3-6-10-23)27(31)34-30(28(32)33-29,24-11-7-4-8-12-24)26-19-15-22(2)16-20-26/h3-20H,1-2H3/t29-,30-/m0/s1. The predicted molar refractivity (Wildman–Crippen MR) is 129 cm³/mol. The second-order valence-corrected chi connectivity index (χ2v) is 8.61. The number of carbonyl (C=O) groups excluding carboxylic acids is 2. The van der Waals surface area contributed by atoms with E-state index in [4.69, 9.17) is 9.47 Å². The summed E-state index contributed by atoms with van der Waals surface area (Å²) in [5.74, 6) is -1.29. The van der Waals surface area contributed by atoms with Gasteiger partial charge in [-0.1, -0.05) is 120 Å². The molecule has 0 spiro atoms. The van der Waals surface area contributed by atoms with E-state index in [0.717, 1.165) is 11.1 Å². The lowest BCUT2D eigenvalue weighted by Crippen LogP contribution is -2.57. The van der Waals surface area contributed by atoms with Crippen molar-refractivity contribution in [3.05, 3.63) is 143 Å². The molecule has 0 saturated carbocycles. The molecule has 0 aromatic heterocycles. The van der Waals surface area contributed by atoms with E-state index >= 15 is 0 Å². The van der Waals surface area contributed by atoms with Gasteiger partial charge in [-0.25, -0.2) is 9.59 Å². The molecule has 34 heavy (non-hydrogen) atoms. The molecule has 0 aliphatic carbocycles. The Morgan fingerprint density at radius 1 is 0.441 bits per heavy atom. The van der Waals surface area contributed by atoms with Crippen LogP contribution >= 0.6 is 0 Å². The molecule has 0 amide bonds. The number of rotatable bonds is 4. The van der Waals surface area contributed by atoms with Gasteiger partial charge in [0.2, 0.25) is 0 Å². The SMILES string of the molecule is Cc1ccc([C@]2(c3ccccc3)OC(=O)[C@](c3ccccc3)(c3ccc(C)cc3)OC2=O)cc1. The fourth-order valence-electron chi connectivity index (χ4n) is 4.47. The molecule has 0 radical (unpaired) electrons. The molecule has 0 N–H and O–H groups in total. The van der Waals surface area contributed by atoms with E-state index < -0.39 is 23.1 Å². The quantitative estimate of drug-likeness (QED) is 0.382. The third-order valence-electron chi connectivity index (χ3n) is 6.34. The average molecular weight is 449 g/mol. The van der Waals surface area contributed by atoms with Gasteiger partial charge in [0, 0.05) is 22.3 Å². The van der Waals surface area contributed by atoms with E-state index in [-0.39, 0.29) is 0 Å². The molecule has 1 heterocycles. The summed E-state index contributed by atoms with van der Waals surface area (Å²) in [5.41, 5.74) is 0.762. The smallest absolute Gasteiger partial charge is 0.362 e. The molecule has 168 valence electrons. The summed E-state index contributed by atoms with van der Waals surface area (Å²) in [7, 11) is 0. The first-order valence-corrected chi connectivity index (χ1v) is 11.2. The minimum Gasteiger partial charge on any atom is -0.433 e. The maximum atomic E-state index is 14.1. The second kappa shape index (κ2) is 8.31. The van der Waals surface area contributed by atoms with E-state index in [1.807, 2.05) is 74.5 Å². The zero-order valence-corrected chi connectivity index (χ0v) is 19.0. The number of ether oxygens (including phenoxy) is 2. The minimum absolute atomic E-state index is 0.530. The fourth-order valence-corrected chi connectivity index (χ4v) is 4.47. The molecule has 1 aliphatic heterocycles. The fraction of sp³-hybridized carbons (Fsp3) is 0.133. The van der Waals surface area contributed by atoms with Crippen molar-refractivity contribution in [1.82, 2.24) is 0 Å². The number of cyclic esters (lactones) is 2. The summed E-state index contributed by atoms with van der Waals surface area (Å²) in [5, 5.41) is 0. The van der Waals surface area contributed by atoms with Crippen molar-refractivity contribution in [2.24, 2.45) is 0 Å². The Labute approximate surface area is 198 Å². The minimum atomic E-state index is -1.71. The molecule has 4 aromatic rings. The Hall–Kier alpha value is -4.18. The van der Waals surface area contributed by atoms with Crippen LogP contribution in [0.5, 0.6) is 0 Å². The summed E-state index contributed by atoms with van der Waals surface area (Å²) in [6.07, 6.45) is 0. The highest BCUT2D eigenvalue weighted by Gasteiger charge is 2.61. The van der Waals surface area contributed by atoms with Crippen LogP contribution < -0.4 is 0 Å². The van der Waals surface area contributed by atoms with Gasteiger partial charge in [0.15, 0.2) is 0 Å². The van der Waals surface area contributed by atoms with E-state index in [0.29, 0.717) is 22.3 Å². The molecule has 4 aromatic carbocycles. The normalized spacial score (nSPS) is 22.1. The molecular weight excluding hydrogens is 424 g/mol. The van der Waals surface area contributed by atoms with Crippen molar-refractivity contribution < 1.29 is 19.1 Å². The van der Waals surface area contributed by atoms with Crippen molar-refractivity contribution in [3.63, 3.8) is 0 Å². The number of aryl methyl sites for hydroxylation is 2. The zero-order chi connectivity index (χ0) is 23.8.